The van der Waals surface area contributed by atoms with Gasteiger partial charge in [-0.05, 0) is 60.2 Å². The second-order valence-corrected chi connectivity index (χ2v) is 16.0. The van der Waals surface area contributed by atoms with Crippen molar-refractivity contribution in [3.63, 3.8) is 0 Å². The molecule has 0 aliphatic carbocycles. The van der Waals surface area contributed by atoms with E-state index in [1.54, 1.807) is 42.9 Å². The fraction of sp³-hybridized carbons (Fsp3) is 0.486. The summed E-state index contributed by atoms with van der Waals surface area (Å²) in [5.41, 5.74) is 1.57. The number of methoxy groups -OCH3 is 3. The van der Waals surface area contributed by atoms with Crippen molar-refractivity contribution in [1.82, 2.24) is 0 Å². The van der Waals surface area contributed by atoms with Crippen LogP contribution in [0.4, 0.5) is 0 Å². The van der Waals surface area contributed by atoms with Crippen molar-refractivity contribution in [1.29, 1.82) is 0 Å². The standard InChI is InChI=1S/C37H47BNO9PS2/c1-39-20-23-47-49(40,46-22-9-25-51-50-24-8-21-41-2)48-35-26-36(38)44-27-29(35)28-45-37(30-10-6-5-7-11-30,31-12-16-33(42-3)17-13-31)32-14-18-34(43-4)19-15-32/h5-7,10-19,29,35-36H,8-9,20-28H2,2-4H3/t29-,35-,36-,49?/m1/s1. The van der Waals surface area contributed by atoms with Gasteiger partial charge in [-0.2, -0.15) is 0 Å². The molecule has 1 unspecified atom stereocenters. The van der Waals surface area contributed by atoms with E-state index in [1.165, 1.54) is 0 Å². The Hall–Kier alpha value is -2.50. The predicted molar refractivity (Wildman–Crippen MR) is 204 cm³/mol. The van der Waals surface area contributed by atoms with Gasteiger partial charge < -0.3 is 28.5 Å². The molecule has 3 aromatic rings. The molecular weight excluding hydrogens is 708 g/mol. The number of phosphoric acid groups is 1. The highest BCUT2D eigenvalue weighted by atomic mass is 33.1. The summed E-state index contributed by atoms with van der Waals surface area (Å²) < 4.78 is 60.8. The summed E-state index contributed by atoms with van der Waals surface area (Å²) in [7, 11) is 10.6. The van der Waals surface area contributed by atoms with Gasteiger partial charge in [0.1, 0.15) is 31.6 Å². The first-order valence-corrected chi connectivity index (χ1v) is 20.8. The van der Waals surface area contributed by atoms with Gasteiger partial charge in [0.15, 0.2) is 0 Å². The molecule has 274 valence electrons. The first kappa shape index (κ1) is 41.3. The number of hydrogen-bond donors (Lipinski definition) is 0. The minimum atomic E-state index is -4.08. The molecule has 51 heavy (non-hydrogen) atoms. The van der Waals surface area contributed by atoms with Crippen LogP contribution in [0.5, 0.6) is 11.5 Å². The number of phosphoric ester groups is 1. The van der Waals surface area contributed by atoms with Crippen LogP contribution in [0, 0.1) is 12.5 Å². The molecule has 3 aromatic carbocycles. The van der Waals surface area contributed by atoms with Gasteiger partial charge in [0.2, 0.25) is 6.54 Å². The van der Waals surface area contributed by atoms with E-state index in [9.17, 15) is 4.57 Å². The third-order valence-electron chi connectivity index (χ3n) is 8.20. The molecule has 0 amide bonds. The summed E-state index contributed by atoms with van der Waals surface area (Å²) in [4.78, 5) is 3.33. The van der Waals surface area contributed by atoms with Crippen LogP contribution in [-0.4, -0.2) is 92.4 Å². The van der Waals surface area contributed by atoms with Crippen LogP contribution in [0.1, 0.15) is 36.0 Å². The Balaban J connectivity index is 1.58. The fourth-order valence-corrected chi connectivity index (χ4v) is 9.14. The zero-order chi connectivity index (χ0) is 36.4. The predicted octanol–water partition coefficient (Wildman–Crippen LogP) is 7.80. The zero-order valence-corrected chi connectivity index (χ0v) is 32.0. The van der Waals surface area contributed by atoms with Crippen molar-refractivity contribution in [3.8, 4) is 11.5 Å². The Morgan fingerprint density at radius 2 is 1.41 bits per heavy atom. The molecule has 0 aromatic heterocycles. The molecule has 2 radical (unpaired) electrons. The lowest BCUT2D eigenvalue weighted by Gasteiger charge is -2.40. The van der Waals surface area contributed by atoms with Crippen LogP contribution in [-0.2, 0) is 37.9 Å². The summed E-state index contributed by atoms with van der Waals surface area (Å²) in [6, 6.07) is 24.9. The molecular formula is C37H47BNO9PS2. The van der Waals surface area contributed by atoms with E-state index >= 15 is 0 Å². The molecule has 1 fully saturated rings. The maximum absolute atomic E-state index is 14.1. The topological polar surface area (TPSA) is 95.3 Å². The first-order valence-electron chi connectivity index (χ1n) is 16.9. The highest BCUT2D eigenvalue weighted by Gasteiger charge is 2.42. The van der Waals surface area contributed by atoms with Gasteiger partial charge in [0, 0.05) is 37.1 Å². The SMILES string of the molecule is [B][C@H]1C[C@@H](OP(=O)(OCCCSSCCCOC)OCC[N+]#[C-])[C@@H](COC(c2ccccc2)(c2ccc(OC)cc2)c2ccc(OC)cc2)CO1. The Kier molecular flexibility index (Phi) is 17.7. The number of hydrogen-bond acceptors (Lipinski definition) is 11. The van der Waals surface area contributed by atoms with Crippen molar-refractivity contribution in [3.05, 3.63) is 107 Å². The van der Waals surface area contributed by atoms with Crippen LogP contribution in [0.2, 0.25) is 0 Å². The van der Waals surface area contributed by atoms with Crippen molar-refractivity contribution in [2.45, 2.75) is 37.0 Å². The van der Waals surface area contributed by atoms with E-state index in [2.05, 4.69) is 4.85 Å². The van der Waals surface area contributed by atoms with E-state index in [-0.39, 0.29) is 39.4 Å². The molecule has 1 saturated heterocycles. The van der Waals surface area contributed by atoms with Crippen molar-refractivity contribution in [2.75, 3.05) is 72.4 Å². The summed E-state index contributed by atoms with van der Waals surface area (Å²) in [6.45, 7) is 8.34. The van der Waals surface area contributed by atoms with Crippen LogP contribution >= 0.6 is 29.4 Å². The lowest BCUT2D eigenvalue weighted by molar-refractivity contribution is -0.102. The quantitative estimate of drug-likeness (QED) is 0.0237. The smallest absolute Gasteiger partial charge is 0.475 e. The maximum Gasteiger partial charge on any atom is 0.475 e. The second-order valence-electron chi connectivity index (χ2n) is 11.7. The van der Waals surface area contributed by atoms with Gasteiger partial charge in [-0.15, -0.1) is 0 Å². The highest BCUT2D eigenvalue weighted by Crippen LogP contribution is 2.53. The van der Waals surface area contributed by atoms with Crippen LogP contribution < -0.4 is 9.47 Å². The number of benzene rings is 3. The van der Waals surface area contributed by atoms with Gasteiger partial charge in [-0.3, -0.25) is 13.6 Å². The largest absolute Gasteiger partial charge is 0.497 e. The molecule has 1 heterocycles. The summed E-state index contributed by atoms with van der Waals surface area (Å²) in [5.74, 6) is 2.82. The molecule has 14 heteroatoms. The molecule has 1 aliphatic rings. The lowest BCUT2D eigenvalue weighted by atomic mass is 9.79. The van der Waals surface area contributed by atoms with Crippen LogP contribution in [0.3, 0.4) is 0 Å². The molecule has 0 bridgehead atoms. The van der Waals surface area contributed by atoms with E-state index in [0.29, 0.717) is 17.9 Å². The normalized spacial score (nSPS) is 18.8. The molecule has 10 nitrogen and oxygen atoms in total. The number of nitrogens with zero attached hydrogens (tertiary/aromatic N) is 1. The van der Waals surface area contributed by atoms with Crippen molar-refractivity contribution < 1.29 is 41.8 Å². The summed E-state index contributed by atoms with van der Waals surface area (Å²) >= 11 is 0. The highest BCUT2D eigenvalue weighted by molar-refractivity contribution is 8.76. The Morgan fingerprint density at radius 1 is 0.843 bits per heavy atom. The maximum atomic E-state index is 14.1. The zero-order valence-electron chi connectivity index (χ0n) is 29.5. The van der Waals surface area contributed by atoms with E-state index in [4.69, 9.17) is 51.7 Å². The Bertz CT molecular complexity index is 1470. The monoisotopic (exact) mass is 755 g/mol. The molecule has 0 N–H and O–H groups in total. The van der Waals surface area contributed by atoms with Gasteiger partial charge in [-0.1, -0.05) is 76.2 Å². The minimum absolute atomic E-state index is 0.0217. The Labute approximate surface area is 311 Å². The van der Waals surface area contributed by atoms with Gasteiger partial charge in [0.05, 0.1) is 40.1 Å². The molecule has 1 aliphatic heterocycles. The van der Waals surface area contributed by atoms with Crippen molar-refractivity contribution in [2.24, 2.45) is 5.92 Å². The summed E-state index contributed by atoms with van der Waals surface area (Å²) in [6.07, 6.45) is 1.18. The summed E-state index contributed by atoms with van der Waals surface area (Å²) in [5, 5.41) is 0. The lowest BCUT2D eigenvalue weighted by Crippen LogP contribution is -2.44. The van der Waals surface area contributed by atoms with Crippen molar-refractivity contribution >= 4 is 37.3 Å². The number of ether oxygens (including phenoxy) is 5. The Morgan fingerprint density at radius 3 is 1.98 bits per heavy atom. The van der Waals surface area contributed by atoms with Gasteiger partial charge >= 0.3 is 7.82 Å². The third-order valence-corrected chi connectivity index (χ3v) is 12.3. The van der Waals surface area contributed by atoms with Crippen LogP contribution in [0.15, 0.2) is 78.9 Å². The second kappa shape index (κ2) is 21.9. The van der Waals surface area contributed by atoms with E-state index in [1.807, 2.05) is 78.9 Å². The fourth-order valence-electron chi connectivity index (χ4n) is 5.57. The molecule has 4 atom stereocenters. The van der Waals surface area contributed by atoms with Crippen LogP contribution in [0.25, 0.3) is 4.85 Å². The molecule has 0 spiro atoms. The molecule has 4 rings (SSSR count). The van der Waals surface area contributed by atoms with E-state index in [0.717, 1.165) is 41.2 Å². The van der Waals surface area contributed by atoms with Gasteiger partial charge in [-0.25, -0.2) is 11.1 Å². The third kappa shape index (κ3) is 12.3. The van der Waals surface area contributed by atoms with E-state index < -0.39 is 31.4 Å². The average molecular weight is 756 g/mol. The molecule has 0 saturated carbocycles. The minimum Gasteiger partial charge on any atom is -0.497 e. The number of rotatable bonds is 23. The first-order chi connectivity index (χ1) is 24.9. The average Bonchev–Trinajstić information content (AvgIpc) is 3.16. The van der Waals surface area contributed by atoms with Gasteiger partial charge in [0.25, 0.3) is 0 Å².